The van der Waals surface area contributed by atoms with Gasteiger partial charge in [0.2, 0.25) is 0 Å². The number of esters is 4. The SMILES string of the molecule is COC(=O)CCC(=O)O[C@H]1CN(Cc2ccccc2)C[C@@H]1OC(=O)CCC(=O)OC. The molecule has 0 bridgehead atoms. The van der Waals surface area contributed by atoms with E-state index in [9.17, 15) is 19.2 Å². The van der Waals surface area contributed by atoms with Crippen molar-refractivity contribution < 1.29 is 38.1 Å². The number of ether oxygens (including phenoxy) is 4. The quantitative estimate of drug-likeness (QED) is 0.407. The summed E-state index contributed by atoms with van der Waals surface area (Å²) in [6, 6.07) is 9.74. The zero-order valence-corrected chi connectivity index (χ0v) is 17.2. The first-order valence-electron chi connectivity index (χ1n) is 9.70. The van der Waals surface area contributed by atoms with Gasteiger partial charge in [0.1, 0.15) is 0 Å². The summed E-state index contributed by atoms with van der Waals surface area (Å²) >= 11 is 0. The van der Waals surface area contributed by atoms with E-state index in [0.717, 1.165) is 5.56 Å². The highest BCUT2D eigenvalue weighted by Crippen LogP contribution is 2.21. The molecule has 9 nitrogen and oxygen atoms in total. The summed E-state index contributed by atoms with van der Waals surface area (Å²) in [5.41, 5.74) is 1.07. The first-order valence-corrected chi connectivity index (χ1v) is 9.70. The molecule has 0 unspecified atom stereocenters. The number of nitrogens with zero attached hydrogens (tertiary/aromatic N) is 1. The first kappa shape index (κ1) is 23.3. The van der Waals surface area contributed by atoms with Crippen molar-refractivity contribution in [1.29, 1.82) is 0 Å². The second kappa shape index (κ2) is 11.9. The third-order valence-corrected chi connectivity index (χ3v) is 4.63. The number of hydrogen-bond donors (Lipinski definition) is 0. The number of benzene rings is 1. The van der Waals surface area contributed by atoms with Crippen LogP contribution in [0.15, 0.2) is 30.3 Å². The van der Waals surface area contributed by atoms with Crippen LogP contribution in [0.3, 0.4) is 0 Å². The van der Waals surface area contributed by atoms with E-state index < -0.39 is 36.1 Å². The Bertz CT molecular complexity index is 694. The van der Waals surface area contributed by atoms with Crippen LogP contribution in [0.2, 0.25) is 0 Å². The maximum absolute atomic E-state index is 12.1. The largest absolute Gasteiger partial charge is 0.469 e. The number of likely N-dealkylation sites (tertiary alicyclic amines) is 1. The summed E-state index contributed by atoms with van der Waals surface area (Å²) in [6.45, 7) is 1.37. The van der Waals surface area contributed by atoms with E-state index >= 15 is 0 Å². The van der Waals surface area contributed by atoms with Crippen molar-refractivity contribution in [1.82, 2.24) is 4.90 Å². The molecule has 2 rings (SSSR count). The maximum Gasteiger partial charge on any atom is 0.306 e. The van der Waals surface area contributed by atoms with Gasteiger partial charge in [-0.3, -0.25) is 24.1 Å². The highest BCUT2D eigenvalue weighted by molar-refractivity contribution is 5.78. The first-order chi connectivity index (χ1) is 14.4. The van der Waals surface area contributed by atoms with Gasteiger partial charge in [0.05, 0.1) is 39.9 Å². The van der Waals surface area contributed by atoms with Crippen LogP contribution in [-0.4, -0.2) is 68.3 Å². The Morgan fingerprint density at radius 3 is 1.63 bits per heavy atom. The van der Waals surface area contributed by atoms with Crippen LogP contribution in [0.1, 0.15) is 31.2 Å². The van der Waals surface area contributed by atoms with E-state index in [1.165, 1.54) is 14.2 Å². The van der Waals surface area contributed by atoms with Crippen molar-refractivity contribution in [3.63, 3.8) is 0 Å². The second-order valence-electron chi connectivity index (χ2n) is 6.89. The number of methoxy groups -OCH3 is 2. The molecule has 1 aliphatic heterocycles. The van der Waals surface area contributed by atoms with Crippen molar-refractivity contribution >= 4 is 23.9 Å². The molecular formula is C21H27NO8. The van der Waals surface area contributed by atoms with Gasteiger partial charge in [-0.1, -0.05) is 30.3 Å². The van der Waals surface area contributed by atoms with Gasteiger partial charge in [0, 0.05) is 19.6 Å². The number of carbonyl (C=O) groups excluding carboxylic acids is 4. The summed E-state index contributed by atoms with van der Waals surface area (Å²) in [7, 11) is 2.49. The van der Waals surface area contributed by atoms with Crippen LogP contribution in [0.25, 0.3) is 0 Å². The third kappa shape index (κ3) is 7.82. The van der Waals surface area contributed by atoms with Crippen LogP contribution < -0.4 is 0 Å². The third-order valence-electron chi connectivity index (χ3n) is 4.63. The predicted molar refractivity (Wildman–Crippen MR) is 104 cm³/mol. The molecule has 2 atom stereocenters. The Balaban J connectivity index is 1.96. The summed E-state index contributed by atoms with van der Waals surface area (Å²) in [6.07, 6.45) is -1.74. The lowest BCUT2D eigenvalue weighted by Gasteiger charge is -2.19. The number of rotatable bonds is 10. The monoisotopic (exact) mass is 421 g/mol. The van der Waals surface area contributed by atoms with E-state index in [2.05, 4.69) is 9.47 Å². The summed E-state index contributed by atoms with van der Waals surface area (Å²) in [5, 5.41) is 0. The van der Waals surface area contributed by atoms with E-state index in [1.54, 1.807) is 0 Å². The molecule has 9 heteroatoms. The molecule has 30 heavy (non-hydrogen) atoms. The average Bonchev–Trinajstić information content (AvgIpc) is 3.10. The standard InChI is InChI=1S/C21H27NO8/c1-27-18(23)8-10-20(25)29-16-13-22(12-15-6-4-3-5-7-15)14-17(16)30-21(26)11-9-19(24)28-2/h3-7,16-17H,8-14H2,1-2H3/t16-,17-/m0/s1. The molecule has 1 aliphatic rings. The molecule has 0 radical (unpaired) electrons. The molecule has 164 valence electrons. The molecule has 0 aliphatic carbocycles. The highest BCUT2D eigenvalue weighted by atomic mass is 16.6. The van der Waals surface area contributed by atoms with E-state index in [-0.39, 0.29) is 25.7 Å². The van der Waals surface area contributed by atoms with E-state index in [1.807, 2.05) is 35.2 Å². The molecular weight excluding hydrogens is 394 g/mol. The minimum atomic E-state index is -0.666. The lowest BCUT2D eigenvalue weighted by atomic mass is 10.2. The number of carbonyl (C=O) groups is 4. The fraction of sp³-hybridized carbons (Fsp3) is 0.524. The van der Waals surface area contributed by atoms with Gasteiger partial charge >= 0.3 is 23.9 Å². The maximum atomic E-state index is 12.1. The van der Waals surface area contributed by atoms with Crippen LogP contribution in [0.4, 0.5) is 0 Å². The lowest BCUT2D eigenvalue weighted by Crippen LogP contribution is -2.34. The van der Waals surface area contributed by atoms with Gasteiger partial charge in [0.25, 0.3) is 0 Å². The van der Waals surface area contributed by atoms with Gasteiger partial charge in [-0.25, -0.2) is 0 Å². The number of hydrogen-bond acceptors (Lipinski definition) is 9. The topological polar surface area (TPSA) is 108 Å². The van der Waals surface area contributed by atoms with Gasteiger partial charge in [-0.05, 0) is 5.56 Å². The molecule has 1 aromatic rings. The van der Waals surface area contributed by atoms with Crippen molar-refractivity contribution in [2.24, 2.45) is 0 Å². The van der Waals surface area contributed by atoms with Gasteiger partial charge < -0.3 is 18.9 Å². The zero-order valence-electron chi connectivity index (χ0n) is 17.2. The van der Waals surface area contributed by atoms with Crippen molar-refractivity contribution in [3.05, 3.63) is 35.9 Å². The fourth-order valence-corrected chi connectivity index (χ4v) is 3.08. The molecule has 0 aromatic heterocycles. The second-order valence-corrected chi connectivity index (χ2v) is 6.89. The molecule has 1 heterocycles. The Kier molecular flexibility index (Phi) is 9.27. The van der Waals surface area contributed by atoms with Crippen molar-refractivity contribution in [3.8, 4) is 0 Å². The highest BCUT2D eigenvalue weighted by Gasteiger charge is 2.38. The van der Waals surface area contributed by atoms with E-state index in [4.69, 9.17) is 9.47 Å². The van der Waals surface area contributed by atoms with Crippen molar-refractivity contribution in [2.45, 2.75) is 44.4 Å². The predicted octanol–water partition coefficient (Wildman–Crippen LogP) is 1.23. The van der Waals surface area contributed by atoms with Crippen LogP contribution in [0.5, 0.6) is 0 Å². The molecule has 1 fully saturated rings. The van der Waals surface area contributed by atoms with Gasteiger partial charge in [-0.15, -0.1) is 0 Å². The normalized spacial score (nSPS) is 18.5. The molecule has 1 saturated heterocycles. The van der Waals surface area contributed by atoms with Gasteiger partial charge in [-0.2, -0.15) is 0 Å². The summed E-state index contributed by atoms with van der Waals surface area (Å²) in [4.78, 5) is 48.7. The Labute approximate surface area is 175 Å². The van der Waals surface area contributed by atoms with Crippen LogP contribution >= 0.6 is 0 Å². The summed E-state index contributed by atoms with van der Waals surface area (Å²) < 4.78 is 20.0. The summed E-state index contributed by atoms with van der Waals surface area (Å²) in [5.74, 6) is -2.14. The molecule has 0 amide bonds. The van der Waals surface area contributed by atoms with E-state index in [0.29, 0.717) is 19.6 Å². The molecule has 0 N–H and O–H groups in total. The Hall–Kier alpha value is -2.94. The Morgan fingerprint density at radius 2 is 1.20 bits per heavy atom. The van der Waals surface area contributed by atoms with Gasteiger partial charge in [0.15, 0.2) is 12.2 Å². The minimum absolute atomic E-state index is 0.0840. The lowest BCUT2D eigenvalue weighted by molar-refractivity contribution is -0.165. The molecule has 0 spiro atoms. The van der Waals surface area contributed by atoms with Crippen molar-refractivity contribution in [2.75, 3.05) is 27.3 Å². The Morgan fingerprint density at radius 1 is 0.767 bits per heavy atom. The fourth-order valence-electron chi connectivity index (χ4n) is 3.08. The molecule has 1 aromatic carbocycles. The zero-order chi connectivity index (χ0) is 21.9. The molecule has 0 saturated carbocycles. The van der Waals surface area contributed by atoms with Crippen LogP contribution in [0, 0.1) is 0 Å². The van der Waals surface area contributed by atoms with Crippen LogP contribution in [-0.2, 0) is 44.7 Å². The smallest absolute Gasteiger partial charge is 0.306 e. The average molecular weight is 421 g/mol. The minimum Gasteiger partial charge on any atom is -0.469 e.